The number of nitrogens with one attached hydrogen (secondary N) is 1. The molecule has 5 heteroatoms. The highest BCUT2D eigenvalue weighted by atomic mass is 16.2. The fourth-order valence-corrected chi connectivity index (χ4v) is 2.53. The summed E-state index contributed by atoms with van der Waals surface area (Å²) in [6.07, 6.45) is 6.85. The first-order chi connectivity index (χ1) is 9.81. The fourth-order valence-electron chi connectivity index (χ4n) is 2.53. The van der Waals surface area contributed by atoms with Gasteiger partial charge in [0.2, 0.25) is 0 Å². The van der Waals surface area contributed by atoms with Gasteiger partial charge in [0, 0.05) is 38.4 Å². The molecule has 0 spiro atoms. The molecular weight excluding hydrogens is 252 g/mol. The minimum atomic E-state index is -0.00359. The van der Waals surface area contributed by atoms with Gasteiger partial charge in [0.1, 0.15) is 0 Å². The molecule has 0 atom stereocenters. The lowest BCUT2D eigenvalue weighted by molar-refractivity contribution is 0.181. The normalized spacial score (nSPS) is 15.7. The van der Waals surface area contributed by atoms with Gasteiger partial charge in [-0.25, -0.2) is 4.79 Å². The van der Waals surface area contributed by atoms with Crippen LogP contribution in [0.2, 0.25) is 0 Å². The average molecular weight is 272 g/mol. The number of urea groups is 1. The van der Waals surface area contributed by atoms with E-state index in [0.717, 1.165) is 32.4 Å². The summed E-state index contributed by atoms with van der Waals surface area (Å²) in [6.45, 7) is 2.16. The van der Waals surface area contributed by atoms with E-state index in [0.29, 0.717) is 18.9 Å². The summed E-state index contributed by atoms with van der Waals surface area (Å²) in [6, 6.07) is 6.19. The molecule has 0 radical (unpaired) electrons. The molecule has 106 valence electrons. The van der Waals surface area contributed by atoms with Crippen LogP contribution in [0.4, 0.5) is 4.79 Å². The molecule has 0 bridgehead atoms. The number of amides is 2. The van der Waals surface area contributed by atoms with E-state index < -0.39 is 0 Å². The molecule has 2 heterocycles. The van der Waals surface area contributed by atoms with Gasteiger partial charge in [-0.3, -0.25) is 4.98 Å². The molecule has 2 rings (SSSR count). The van der Waals surface area contributed by atoms with Crippen molar-refractivity contribution in [3.05, 3.63) is 30.1 Å². The number of pyridine rings is 1. The van der Waals surface area contributed by atoms with Gasteiger partial charge < -0.3 is 10.2 Å². The lowest BCUT2D eigenvalue weighted by Crippen LogP contribution is -2.44. The number of carbonyl (C=O) groups excluding carboxylic acids is 1. The topological polar surface area (TPSA) is 69.0 Å². The largest absolute Gasteiger partial charge is 0.338 e. The van der Waals surface area contributed by atoms with Crippen molar-refractivity contribution in [1.29, 1.82) is 5.26 Å². The third-order valence-corrected chi connectivity index (χ3v) is 3.70. The van der Waals surface area contributed by atoms with Crippen LogP contribution in [0.25, 0.3) is 0 Å². The van der Waals surface area contributed by atoms with Crippen LogP contribution in [-0.2, 0) is 0 Å². The summed E-state index contributed by atoms with van der Waals surface area (Å²) in [5, 5.41) is 11.3. The number of rotatable bonds is 4. The number of nitrogens with zero attached hydrogens (tertiary/aromatic N) is 3. The molecule has 0 unspecified atom stereocenters. The quantitative estimate of drug-likeness (QED) is 0.855. The zero-order valence-corrected chi connectivity index (χ0v) is 11.6. The maximum Gasteiger partial charge on any atom is 0.317 e. The van der Waals surface area contributed by atoms with Crippen molar-refractivity contribution in [2.24, 2.45) is 0 Å². The lowest BCUT2D eigenvalue weighted by Gasteiger charge is -2.32. The van der Waals surface area contributed by atoms with Crippen molar-refractivity contribution in [3.8, 4) is 6.07 Å². The summed E-state index contributed by atoms with van der Waals surface area (Å²) >= 11 is 0. The number of carbonyl (C=O) groups is 1. The average Bonchev–Trinajstić information content (AvgIpc) is 2.52. The Morgan fingerprint density at radius 1 is 1.40 bits per heavy atom. The van der Waals surface area contributed by atoms with Crippen LogP contribution < -0.4 is 5.32 Å². The predicted octanol–water partition coefficient (Wildman–Crippen LogP) is 2.27. The van der Waals surface area contributed by atoms with Crippen molar-refractivity contribution in [3.63, 3.8) is 0 Å². The van der Waals surface area contributed by atoms with Crippen LogP contribution in [-0.4, -0.2) is 35.5 Å². The minimum absolute atomic E-state index is 0.00359. The molecule has 1 N–H and O–H groups in total. The van der Waals surface area contributed by atoms with E-state index in [9.17, 15) is 4.79 Å². The summed E-state index contributed by atoms with van der Waals surface area (Å²) in [4.78, 5) is 17.8. The summed E-state index contributed by atoms with van der Waals surface area (Å²) in [5.41, 5.74) is 1.31. The zero-order valence-electron chi connectivity index (χ0n) is 11.6. The first-order valence-corrected chi connectivity index (χ1v) is 7.11. The maximum atomic E-state index is 11.9. The molecule has 1 aliphatic rings. The molecule has 2 amide bonds. The van der Waals surface area contributed by atoms with Crippen molar-refractivity contribution < 1.29 is 4.79 Å². The van der Waals surface area contributed by atoms with Gasteiger partial charge in [0.15, 0.2) is 0 Å². The van der Waals surface area contributed by atoms with Gasteiger partial charge in [-0.1, -0.05) is 0 Å². The number of aromatic nitrogens is 1. The molecule has 0 aromatic carbocycles. The molecule has 1 saturated heterocycles. The van der Waals surface area contributed by atoms with E-state index in [1.807, 2.05) is 17.3 Å². The Kier molecular flexibility index (Phi) is 5.36. The van der Waals surface area contributed by atoms with E-state index in [1.54, 1.807) is 0 Å². The first kappa shape index (κ1) is 14.3. The van der Waals surface area contributed by atoms with Gasteiger partial charge in [-0.05, 0) is 42.9 Å². The van der Waals surface area contributed by atoms with Crippen LogP contribution >= 0.6 is 0 Å². The first-order valence-electron chi connectivity index (χ1n) is 7.11. The molecule has 1 aromatic rings. The molecule has 0 saturated carbocycles. The fraction of sp³-hybridized carbons (Fsp3) is 0.533. The van der Waals surface area contributed by atoms with Crippen LogP contribution in [0.15, 0.2) is 24.5 Å². The predicted molar refractivity (Wildman–Crippen MR) is 76.0 cm³/mol. The van der Waals surface area contributed by atoms with Crippen LogP contribution in [0.1, 0.15) is 37.2 Å². The van der Waals surface area contributed by atoms with Crippen LogP contribution in [0.3, 0.4) is 0 Å². The van der Waals surface area contributed by atoms with Gasteiger partial charge in [0.25, 0.3) is 0 Å². The van der Waals surface area contributed by atoms with Crippen molar-refractivity contribution in [2.45, 2.75) is 31.6 Å². The second-order valence-electron chi connectivity index (χ2n) is 5.04. The summed E-state index contributed by atoms with van der Waals surface area (Å²) in [5.74, 6) is 0.528. The van der Waals surface area contributed by atoms with Crippen molar-refractivity contribution >= 4 is 6.03 Å². The van der Waals surface area contributed by atoms with Gasteiger partial charge in [-0.15, -0.1) is 0 Å². The zero-order chi connectivity index (χ0) is 14.2. The Labute approximate surface area is 119 Å². The minimum Gasteiger partial charge on any atom is -0.338 e. The van der Waals surface area contributed by atoms with Gasteiger partial charge >= 0.3 is 6.03 Å². The number of hydrogen-bond donors (Lipinski definition) is 1. The monoisotopic (exact) mass is 272 g/mol. The Morgan fingerprint density at radius 2 is 2.10 bits per heavy atom. The Hall–Kier alpha value is -2.09. The number of unbranched alkanes of at least 4 members (excludes halogenated alkanes) is 1. The SMILES string of the molecule is N#CCCCNC(=O)N1CCC(c2ccncc2)CC1. The smallest absolute Gasteiger partial charge is 0.317 e. The number of nitriles is 1. The highest BCUT2D eigenvalue weighted by Gasteiger charge is 2.23. The third kappa shape index (κ3) is 3.95. The standard InChI is InChI=1S/C15H20N4O/c16-7-1-2-8-18-15(20)19-11-5-14(6-12-19)13-3-9-17-10-4-13/h3-4,9-10,14H,1-2,5-6,8,11-12H2,(H,18,20). The van der Waals surface area contributed by atoms with Crippen LogP contribution in [0.5, 0.6) is 0 Å². The highest BCUT2D eigenvalue weighted by Crippen LogP contribution is 2.27. The third-order valence-electron chi connectivity index (χ3n) is 3.70. The van der Waals surface area contributed by atoms with Gasteiger partial charge in [-0.2, -0.15) is 5.26 Å². The van der Waals surface area contributed by atoms with Crippen molar-refractivity contribution in [2.75, 3.05) is 19.6 Å². The molecule has 20 heavy (non-hydrogen) atoms. The Balaban J connectivity index is 1.74. The van der Waals surface area contributed by atoms with E-state index >= 15 is 0 Å². The molecule has 0 aliphatic carbocycles. The van der Waals surface area contributed by atoms with Crippen LogP contribution in [0, 0.1) is 11.3 Å². The highest BCUT2D eigenvalue weighted by molar-refractivity contribution is 5.74. The molecule has 1 aliphatic heterocycles. The van der Waals surface area contributed by atoms with Crippen molar-refractivity contribution in [1.82, 2.24) is 15.2 Å². The second kappa shape index (κ2) is 7.49. The maximum absolute atomic E-state index is 11.9. The van der Waals surface area contributed by atoms with E-state index in [1.165, 1.54) is 5.56 Å². The molecule has 5 nitrogen and oxygen atoms in total. The molecular formula is C15H20N4O. The number of hydrogen-bond acceptors (Lipinski definition) is 3. The Bertz CT molecular complexity index is 461. The van der Waals surface area contributed by atoms with E-state index in [-0.39, 0.29) is 6.03 Å². The second-order valence-corrected chi connectivity index (χ2v) is 5.04. The van der Waals surface area contributed by atoms with Gasteiger partial charge in [0.05, 0.1) is 6.07 Å². The molecule has 1 aromatic heterocycles. The Morgan fingerprint density at radius 3 is 2.75 bits per heavy atom. The summed E-state index contributed by atoms with van der Waals surface area (Å²) < 4.78 is 0. The van der Waals surface area contributed by atoms with E-state index in [2.05, 4.69) is 28.5 Å². The number of likely N-dealkylation sites (tertiary alicyclic amines) is 1. The summed E-state index contributed by atoms with van der Waals surface area (Å²) in [7, 11) is 0. The number of piperidine rings is 1. The van der Waals surface area contributed by atoms with E-state index in [4.69, 9.17) is 5.26 Å². The molecule has 1 fully saturated rings. The lowest BCUT2D eigenvalue weighted by atomic mass is 9.90.